The van der Waals surface area contributed by atoms with Crippen molar-refractivity contribution in [2.24, 2.45) is 0 Å². The number of ketones is 1. The predicted octanol–water partition coefficient (Wildman–Crippen LogP) is 4.69. The standard InChI is InChI=1S/C17H19ClN2O2.C4H6/c1-4-12-14(5-2)20-15-8-11(6-7-13(15)16(12)18)17(22)19-9-10(3)21;1-3-4-2/h6-8H,4-5,9H2,1-3H3,(H,19,22);3-4H,1-2H2. The van der Waals surface area contributed by atoms with Crippen molar-refractivity contribution in [2.75, 3.05) is 6.54 Å². The molecule has 1 N–H and O–H groups in total. The van der Waals surface area contributed by atoms with E-state index in [-0.39, 0.29) is 18.2 Å². The van der Waals surface area contributed by atoms with Crippen molar-refractivity contribution < 1.29 is 9.59 Å². The number of benzene rings is 1. The highest BCUT2D eigenvalue weighted by Crippen LogP contribution is 2.29. The van der Waals surface area contributed by atoms with Crippen molar-refractivity contribution in [1.82, 2.24) is 10.3 Å². The van der Waals surface area contributed by atoms with Crippen LogP contribution in [0.1, 0.15) is 42.4 Å². The van der Waals surface area contributed by atoms with Crippen LogP contribution in [-0.4, -0.2) is 23.2 Å². The molecule has 26 heavy (non-hydrogen) atoms. The molecule has 0 fully saturated rings. The van der Waals surface area contributed by atoms with E-state index in [1.165, 1.54) is 6.92 Å². The lowest BCUT2D eigenvalue weighted by Gasteiger charge is -2.12. The minimum absolute atomic E-state index is 0.0278. The lowest BCUT2D eigenvalue weighted by molar-refractivity contribution is -0.116. The van der Waals surface area contributed by atoms with Gasteiger partial charge in [0.2, 0.25) is 0 Å². The molecule has 4 nitrogen and oxygen atoms in total. The third kappa shape index (κ3) is 5.53. The fourth-order valence-corrected chi connectivity index (χ4v) is 2.81. The van der Waals surface area contributed by atoms with Crippen LogP contribution in [0.3, 0.4) is 0 Å². The zero-order valence-electron chi connectivity index (χ0n) is 15.6. The second kappa shape index (κ2) is 10.5. The average molecular weight is 373 g/mol. The second-order valence-corrected chi connectivity index (χ2v) is 6.02. The number of carbonyl (C=O) groups excluding carboxylic acids is 2. The molecule has 0 bridgehead atoms. The molecule has 0 aliphatic rings. The highest BCUT2D eigenvalue weighted by atomic mass is 35.5. The molecule has 1 heterocycles. The number of carbonyl (C=O) groups is 2. The second-order valence-electron chi connectivity index (χ2n) is 5.65. The topological polar surface area (TPSA) is 59.1 Å². The van der Waals surface area contributed by atoms with Gasteiger partial charge in [0.05, 0.1) is 17.1 Å². The van der Waals surface area contributed by atoms with E-state index in [0.717, 1.165) is 29.5 Å². The van der Waals surface area contributed by atoms with Gasteiger partial charge in [0.1, 0.15) is 5.78 Å². The molecule has 0 spiro atoms. The summed E-state index contributed by atoms with van der Waals surface area (Å²) >= 11 is 6.48. The number of aryl methyl sites for hydroxylation is 1. The Balaban J connectivity index is 0.000000765. The number of aromatic nitrogens is 1. The van der Waals surface area contributed by atoms with Crippen LogP contribution in [0, 0.1) is 0 Å². The number of amides is 1. The number of hydrogen-bond donors (Lipinski definition) is 1. The first-order valence-corrected chi connectivity index (χ1v) is 8.89. The quantitative estimate of drug-likeness (QED) is 0.748. The Morgan fingerprint density at radius 1 is 1.19 bits per heavy atom. The van der Waals surface area contributed by atoms with E-state index < -0.39 is 0 Å². The minimum Gasteiger partial charge on any atom is -0.345 e. The van der Waals surface area contributed by atoms with E-state index >= 15 is 0 Å². The van der Waals surface area contributed by atoms with Gasteiger partial charge >= 0.3 is 0 Å². The van der Waals surface area contributed by atoms with Crippen molar-refractivity contribution in [3.05, 3.63) is 65.4 Å². The molecule has 0 saturated carbocycles. The Bertz CT molecular complexity index is 822. The van der Waals surface area contributed by atoms with E-state index in [4.69, 9.17) is 11.6 Å². The lowest BCUT2D eigenvalue weighted by atomic mass is 10.0. The fraction of sp³-hybridized carbons (Fsp3) is 0.286. The zero-order chi connectivity index (χ0) is 19.7. The van der Waals surface area contributed by atoms with Crippen molar-refractivity contribution in [3.8, 4) is 0 Å². The number of Topliss-reactive ketones (excluding diaryl/α,β-unsaturated/α-hetero) is 1. The molecule has 1 amide bonds. The van der Waals surface area contributed by atoms with Crippen molar-refractivity contribution in [1.29, 1.82) is 0 Å². The normalized spacial score (nSPS) is 9.85. The summed E-state index contributed by atoms with van der Waals surface area (Å²) in [4.78, 5) is 27.6. The highest BCUT2D eigenvalue weighted by Gasteiger charge is 2.13. The molecular weight excluding hydrogens is 348 g/mol. The SMILES string of the molecule is C=CC=C.CCc1nc2cc(C(=O)NCC(C)=O)ccc2c(Cl)c1CC. The Hall–Kier alpha value is -2.46. The van der Waals surface area contributed by atoms with Crippen molar-refractivity contribution >= 4 is 34.2 Å². The summed E-state index contributed by atoms with van der Waals surface area (Å²) in [7, 11) is 0. The summed E-state index contributed by atoms with van der Waals surface area (Å²) in [5.41, 5.74) is 3.20. The first-order valence-electron chi connectivity index (χ1n) is 8.51. The molecule has 0 unspecified atom stereocenters. The summed E-state index contributed by atoms with van der Waals surface area (Å²) in [6.07, 6.45) is 4.89. The van der Waals surface area contributed by atoms with Gasteiger partial charge in [0.25, 0.3) is 5.91 Å². The molecule has 2 aromatic rings. The summed E-state index contributed by atoms with van der Waals surface area (Å²) < 4.78 is 0. The fourth-order valence-electron chi connectivity index (χ4n) is 2.41. The summed E-state index contributed by atoms with van der Waals surface area (Å²) in [5, 5.41) is 4.13. The highest BCUT2D eigenvalue weighted by molar-refractivity contribution is 6.36. The number of hydrogen-bond acceptors (Lipinski definition) is 3. The van der Waals surface area contributed by atoms with E-state index in [9.17, 15) is 9.59 Å². The molecule has 0 atom stereocenters. The van der Waals surface area contributed by atoms with Gasteiger partial charge in [-0.05, 0) is 37.5 Å². The Morgan fingerprint density at radius 3 is 2.35 bits per heavy atom. The first kappa shape index (κ1) is 21.6. The van der Waals surface area contributed by atoms with Gasteiger partial charge in [0, 0.05) is 16.6 Å². The van der Waals surface area contributed by atoms with Gasteiger partial charge in [-0.1, -0.05) is 56.8 Å². The minimum atomic E-state index is -0.285. The van der Waals surface area contributed by atoms with Crippen LogP contribution in [0.5, 0.6) is 0 Å². The Morgan fingerprint density at radius 2 is 1.85 bits per heavy atom. The maximum Gasteiger partial charge on any atom is 0.251 e. The number of nitrogens with zero attached hydrogens (tertiary/aromatic N) is 1. The number of pyridine rings is 1. The number of nitrogens with one attached hydrogen (secondary N) is 1. The molecule has 1 aromatic heterocycles. The van der Waals surface area contributed by atoms with Gasteiger partial charge in [-0.2, -0.15) is 0 Å². The number of rotatable bonds is 6. The van der Waals surface area contributed by atoms with Crippen LogP contribution >= 0.6 is 11.6 Å². The smallest absolute Gasteiger partial charge is 0.251 e. The van der Waals surface area contributed by atoms with Crippen LogP contribution in [0.4, 0.5) is 0 Å². The summed E-state index contributed by atoms with van der Waals surface area (Å²) in [5.74, 6) is -0.371. The molecule has 2 rings (SSSR count). The van der Waals surface area contributed by atoms with Crippen LogP contribution in [0.15, 0.2) is 43.5 Å². The number of halogens is 1. The monoisotopic (exact) mass is 372 g/mol. The number of allylic oxidation sites excluding steroid dienone is 2. The summed E-state index contributed by atoms with van der Waals surface area (Å²) in [6, 6.07) is 5.23. The van der Waals surface area contributed by atoms with Crippen LogP contribution in [0.25, 0.3) is 10.9 Å². The van der Waals surface area contributed by atoms with E-state index in [1.807, 2.05) is 13.0 Å². The van der Waals surface area contributed by atoms with E-state index in [1.54, 1.807) is 24.3 Å². The Labute approximate surface area is 160 Å². The Kier molecular flexibility index (Phi) is 8.73. The summed E-state index contributed by atoms with van der Waals surface area (Å²) in [6.45, 7) is 12.3. The van der Waals surface area contributed by atoms with Gasteiger partial charge < -0.3 is 5.32 Å². The molecule has 0 aliphatic carbocycles. The largest absolute Gasteiger partial charge is 0.345 e. The molecular formula is C21H25ClN2O2. The molecule has 0 radical (unpaired) electrons. The third-order valence-electron chi connectivity index (χ3n) is 3.72. The van der Waals surface area contributed by atoms with Gasteiger partial charge in [-0.25, -0.2) is 0 Å². The van der Waals surface area contributed by atoms with Crippen molar-refractivity contribution in [2.45, 2.75) is 33.6 Å². The maximum absolute atomic E-state index is 12.0. The van der Waals surface area contributed by atoms with Gasteiger partial charge in [-0.3, -0.25) is 14.6 Å². The van der Waals surface area contributed by atoms with E-state index in [0.29, 0.717) is 16.1 Å². The molecule has 138 valence electrons. The molecule has 0 saturated heterocycles. The lowest BCUT2D eigenvalue weighted by Crippen LogP contribution is -2.28. The third-order valence-corrected chi connectivity index (χ3v) is 4.15. The van der Waals surface area contributed by atoms with E-state index in [2.05, 4.69) is 30.4 Å². The zero-order valence-corrected chi connectivity index (χ0v) is 16.3. The maximum atomic E-state index is 12.0. The van der Waals surface area contributed by atoms with Gasteiger partial charge in [-0.15, -0.1) is 0 Å². The predicted molar refractivity (Wildman–Crippen MR) is 109 cm³/mol. The molecule has 5 heteroatoms. The van der Waals surface area contributed by atoms with Crippen LogP contribution in [0.2, 0.25) is 5.02 Å². The number of fused-ring (bicyclic) bond motifs is 1. The molecule has 0 aliphatic heterocycles. The van der Waals surface area contributed by atoms with Gasteiger partial charge in [0.15, 0.2) is 0 Å². The first-order chi connectivity index (χ1) is 12.4. The molecule has 1 aromatic carbocycles. The van der Waals surface area contributed by atoms with Crippen LogP contribution < -0.4 is 5.32 Å². The average Bonchev–Trinajstić information content (AvgIpc) is 2.65. The van der Waals surface area contributed by atoms with Crippen molar-refractivity contribution in [3.63, 3.8) is 0 Å². The van der Waals surface area contributed by atoms with Crippen LogP contribution in [-0.2, 0) is 17.6 Å².